The molecule has 0 aromatic heterocycles. The van der Waals surface area contributed by atoms with Gasteiger partial charge in [-0.3, -0.25) is 0 Å². The molecule has 0 spiro atoms. The normalized spacial score (nSPS) is 13.4. The zero-order chi connectivity index (χ0) is 15.8. The van der Waals surface area contributed by atoms with Gasteiger partial charge in [0.1, 0.15) is 6.16 Å². The molecule has 2 unspecified atom stereocenters. The SMILES string of the molecule is CCCCCCCCCCCCCCC[P+](=O)CC(C)O. The Hall–Kier alpha value is 0.0600. The van der Waals surface area contributed by atoms with Gasteiger partial charge < -0.3 is 5.11 Å². The van der Waals surface area contributed by atoms with E-state index in [0.29, 0.717) is 6.16 Å². The molecule has 0 aromatic carbocycles. The lowest BCUT2D eigenvalue weighted by molar-refractivity contribution is 0.218. The fourth-order valence-electron chi connectivity index (χ4n) is 2.69. The third-order valence-corrected chi connectivity index (χ3v) is 5.73. The predicted octanol–water partition coefficient (Wildman–Crippen LogP) is 6.29. The average molecular weight is 317 g/mol. The van der Waals surface area contributed by atoms with Crippen LogP contribution in [0.5, 0.6) is 0 Å². The van der Waals surface area contributed by atoms with Crippen molar-refractivity contribution in [1.29, 1.82) is 0 Å². The molecule has 21 heavy (non-hydrogen) atoms. The van der Waals surface area contributed by atoms with Gasteiger partial charge in [0, 0.05) is 0 Å². The van der Waals surface area contributed by atoms with Gasteiger partial charge in [-0.2, -0.15) is 0 Å². The first-order valence-corrected chi connectivity index (χ1v) is 10.9. The van der Waals surface area contributed by atoms with Crippen LogP contribution in [0.1, 0.15) is 97.3 Å². The number of hydrogen-bond acceptors (Lipinski definition) is 2. The van der Waals surface area contributed by atoms with E-state index in [0.717, 1.165) is 12.6 Å². The third kappa shape index (κ3) is 18.0. The number of aliphatic hydroxyl groups is 1. The van der Waals surface area contributed by atoms with E-state index in [1.165, 1.54) is 77.0 Å². The highest BCUT2D eigenvalue weighted by atomic mass is 31.1. The first-order valence-electron chi connectivity index (χ1n) is 9.27. The average Bonchev–Trinajstić information content (AvgIpc) is 2.43. The fourth-order valence-corrected chi connectivity index (χ4v) is 4.04. The van der Waals surface area contributed by atoms with Crippen molar-refractivity contribution in [3.8, 4) is 0 Å². The second kappa shape index (κ2) is 16.4. The van der Waals surface area contributed by atoms with Crippen LogP contribution in [0.15, 0.2) is 0 Å². The Bertz CT molecular complexity index is 229. The molecular weight excluding hydrogens is 279 g/mol. The van der Waals surface area contributed by atoms with Crippen molar-refractivity contribution in [3.05, 3.63) is 0 Å². The molecule has 0 radical (unpaired) electrons. The van der Waals surface area contributed by atoms with Gasteiger partial charge in [-0.25, -0.2) is 0 Å². The smallest absolute Gasteiger partial charge is 0.341 e. The molecule has 0 aliphatic heterocycles. The van der Waals surface area contributed by atoms with Crippen LogP contribution in [-0.4, -0.2) is 23.5 Å². The van der Waals surface area contributed by atoms with Crippen molar-refractivity contribution in [2.45, 2.75) is 103 Å². The molecule has 0 bridgehead atoms. The van der Waals surface area contributed by atoms with Crippen LogP contribution in [0.4, 0.5) is 0 Å². The maximum atomic E-state index is 11.5. The van der Waals surface area contributed by atoms with Gasteiger partial charge in [0.05, 0.1) is 6.10 Å². The Morgan fingerprint density at radius 3 is 1.52 bits per heavy atom. The highest BCUT2D eigenvalue weighted by Crippen LogP contribution is 2.24. The van der Waals surface area contributed by atoms with Crippen molar-refractivity contribution in [1.82, 2.24) is 0 Å². The molecule has 0 aromatic rings. The van der Waals surface area contributed by atoms with Gasteiger partial charge in [-0.05, 0) is 19.8 Å². The van der Waals surface area contributed by atoms with E-state index in [1.54, 1.807) is 6.92 Å². The largest absolute Gasteiger partial charge is 0.389 e. The molecule has 126 valence electrons. The van der Waals surface area contributed by atoms with Gasteiger partial charge >= 0.3 is 7.80 Å². The minimum atomic E-state index is -1.16. The van der Waals surface area contributed by atoms with Crippen molar-refractivity contribution in [3.63, 3.8) is 0 Å². The summed E-state index contributed by atoms with van der Waals surface area (Å²) in [5, 5.41) is 9.14. The summed E-state index contributed by atoms with van der Waals surface area (Å²) < 4.78 is 11.5. The van der Waals surface area contributed by atoms with E-state index >= 15 is 0 Å². The maximum absolute atomic E-state index is 11.5. The highest BCUT2D eigenvalue weighted by molar-refractivity contribution is 7.44. The van der Waals surface area contributed by atoms with Gasteiger partial charge in [-0.1, -0.05) is 82.1 Å². The van der Waals surface area contributed by atoms with Gasteiger partial charge in [0.2, 0.25) is 0 Å². The molecule has 1 N–H and O–H groups in total. The van der Waals surface area contributed by atoms with E-state index < -0.39 is 13.9 Å². The van der Waals surface area contributed by atoms with Crippen molar-refractivity contribution < 1.29 is 9.67 Å². The number of unbranched alkanes of at least 4 members (excludes halogenated alkanes) is 12. The van der Waals surface area contributed by atoms with Crippen LogP contribution in [0, 0.1) is 0 Å². The van der Waals surface area contributed by atoms with Crippen LogP contribution < -0.4 is 0 Å². The molecule has 0 saturated carbocycles. The lowest BCUT2D eigenvalue weighted by Crippen LogP contribution is -2.03. The Balaban J connectivity index is 3.07. The summed E-state index contributed by atoms with van der Waals surface area (Å²) in [6.45, 7) is 3.99. The highest BCUT2D eigenvalue weighted by Gasteiger charge is 2.16. The van der Waals surface area contributed by atoms with Gasteiger partial charge in [-0.15, -0.1) is 0 Å². The van der Waals surface area contributed by atoms with E-state index in [-0.39, 0.29) is 0 Å². The fraction of sp³-hybridized carbons (Fsp3) is 1.00. The predicted molar refractivity (Wildman–Crippen MR) is 94.7 cm³/mol. The van der Waals surface area contributed by atoms with Crippen molar-refractivity contribution >= 4 is 7.80 Å². The minimum Gasteiger partial charge on any atom is -0.389 e. The molecule has 0 aliphatic rings. The van der Waals surface area contributed by atoms with Crippen LogP contribution in [0.3, 0.4) is 0 Å². The topological polar surface area (TPSA) is 37.3 Å². The second-order valence-electron chi connectivity index (χ2n) is 6.48. The number of hydrogen-bond donors (Lipinski definition) is 1. The van der Waals surface area contributed by atoms with E-state index in [1.807, 2.05) is 0 Å². The first-order chi connectivity index (χ1) is 10.2. The molecule has 3 heteroatoms. The molecular formula is C18H38O2P+. The molecule has 2 nitrogen and oxygen atoms in total. The summed E-state index contributed by atoms with van der Waals surface area (Å²) >= 11 is 0. The number of rotatable bonds is 16. The minimum absolute atomic E-state index is 0.407. The van der Waals surface area contributed by atoms with Crippen LogP contribution in [0.2, 0.25) is 0 Å². The molecule has 0 aliphatic carbocycles. The molecule has 0 rings (SSSR count). The molecule has 0 heterocycles. The van der Waals surface area contributed by atoms with Gasteiger partial charge in [0.15, 0.2) is 6.16 Å². The zero-order valence-corrected chi connectivity index (χ0v) is 15.4. The second-order valence-corrected chi connectivity index (χ2v) is 8.26. The van der Waals surface area contributed by atoms with Gasteiger partial charge in [0.25, 0.3) is 0 Å². The van der Waals surface area contributed by atoms with E-state index in [2.05, 4.69) is 6.92 Å². The quantitative estimate of drug-likeness (QED) is 0.268. The van der Waals surface area contributed by atoms with Crippen LogP contribution in [0.25, 0.3) is 0 Å². The molecule has 0 fully saturated rings. The molecule has 0 amide bonds. The summed E-state index contributed by atoms with van der Waals surface area (Å²) in [6.07, 6.45) is 18.4. The number of aliphatic hydroxyl groups excluding tert-OH is 1. The summed E-state index contributed by atoms with van der Waals surface area (Å²) in [6, 6.07) is 0. The molecule has 2 atom stereocenters. The summed E-state index contributed by atoms with van der Waals surface area (Å²) in [5.74, 6) is 0. The first kappa shape index (κ1) is 21.1. The Morgan fingerprint density at radius 1 is 0.762 bits per heavy atom. The van der Waals surface area contributed by atoms with Crippen molar-refractivity contribution in [2.24, 2.45) is 0 Å². The monoisotopic (exact) mass is 317 g/mol. The Labute approximate surface area is 133 Å². The summed E-state index contributed by atoms with van der Waals surface area (Å²) in [7, 11) is -1.16. The van der Waals surface area contributed by atoms with Crippen molar-refractivity contribution in [2.75, 3.05) is 12.3 Å². The van der Waals surface area contributed by atoms with Crippen LogP contribution >= 0.6 is 7.80 Å². The van der Waals surface area contributed by atoms with E-state index in [9.17, 15) is 4.57 Å². The Kier molecular flexibility index (Phi) is 16.5. The lowest BCUT2D eigenvalue weighted by atomic mass is 10.1. The summed E-state index contributed by atoms with van der Waals surface area (Å²) in [5.41, 5.74) is 0. The standard InChI is InChI=1S/C18H38O2P/c1-3-4-5-6-7-8-9-10-11-12-13-14-15-16-21(20)17-18(2)19/h18-19H,3-17H2,1-2H3/q+1. The lowest BCUT2D eigenvalue weighted by Gasteiger charge is -2.02. The van der Waals surface area contributed by atoms with Crippen LogP contribution in [-0.2, 0) is 4.57 Å². The maximum Gasteiger partial charge on any atom is 0.341 e. The zero-order valence-electron chi connectivity index (χ0n) is 14.5. The third-order valence-electron chi connectivity index (χ3n) is 3.98. The van der Waals surface area contributed by atoms with E-state index in [4.69, 9.17) is 5.11 Å². The molecule has 0 saturated heterocycles. The summed E-state index contributed by atoms with van der Waals surface area (Å²) in [4.78, 5) is 0. The Morgan fingerprint density at radius 2 is 1.14 bits per heavy atom.